The minimum atomic E-state index is -3.19. The molecule has 2 N–H and O–H groups in total. The molecule has 0 heterocycles. The van der Waals surface area contributed by atoms with Crippen molar-refractivity contribution in [1.29, 1.82) is 0 Å². The Labute approximate surface area is 119 Å². The molecular formula is C13H20N2O4S. The Hall–Kier alpha value is -1.60. The van der Waals surface area contributed by atoms with Crippen molar-refractivity contribution in [1.82, 2.24) is 10.6 Å². The highest BCUT2D eigenvalue weighted by molar-refractivity contribution is 7.90. The molecule has 0 radical (unpaired) electrons. The zero-order valence-electron chi connectivity index (χ0n) is 11.7. The summed E-state index contributed by atoms with van der Waals surface area (Å²) in [5.74, 6) is 0.466. The molecule has 0 atom stereocenters. The highest BCUT2D eigenvalue weighted by Gasteiger charge is 2.06. The summed E-state index contributed by atoms with van der Waals surface area (Å²) in [6.07, 6.45) is 1.41. The smallest absolute Gasteiger partial charge is 0.223 e. The van der Waals surface area contributed by atoms with Gasteiger partial charge in [0.15, 0.2) is 9.84 Å². The fourth-order valence-corrected chi connectivity index (χ4v) is 2.09. The first-order valence-electron chi connectivity index (χ1n) is 6.27. The largest absolute Gasteiger partial charge is 0.493 e. The molecule has 0 fully saturated rings. The molecule has 0 aromatic heterocycles. The molecule has 0 unspecified atom stereocenters. The number of nitrogens with one attached hydrogen (secondary N) is 2. The minimum Gasteiger partial charge on any atom is -0.493 e. The summed E-state index contributed by atoms with van der Waals surface area (Å²) in [5.41, 5.74) is 0. The summed E-state index contributed by atoms with van der Waals surface area (Å²) in [6, 6.07) is 6.12. The minimum absolute atomic E-state index is 0.0759. The van der Waals surface area contributed by atoms with E-state index in [2.05, 4.69) is 10.6 Å². The van der Waals surface area contributed by atoms with Crippen molar-refractivity contribution in [2.75, 3.05) is 33.0 Å². The van der Waals surface area contributed by atoms with Gasteiger partial charge in [0.25, 0.3) is 0 Å². The van der Waals surface area contributed by atoms with E-state index in [4.69, 9.17) is 4.74 Å². The maximum atomic E-state index is 11.4. The number of hydrogen-bond donors (Lipinski definition) is 2. The van der Waals surface area contributed by atoms with Crippen LogP contribution in [0.5, 0.6) is 5.75 Å². The van der Waals surface area contributed by atoms with Crippen LogP contribution in [0.15, 0.2) is 29.2 Å². The van der Waals surface area contributed by atoms with Gasteiger partial charge >= 0.3 is 0 Å². The first kappa shape index (κ1) is 16.5. The topological polar surface area (TPSA) is 84.5 Å². The number of ether oxygens (including phenoxy) is 1. The van der Waals surface area contributed by atoms with E-state index in [0.29, 0.717) is 12.3 Å². The van der Waals surface area contributed by atoms with Crippen LogP contribution in [0.4, 0.5) is 0 Å². The maximum Gasteiger partial charge on any atom is 0.223 e. The molecule has 0 bridgehead atoms. The van der Waals surface area contributed by atoms with Crippen molar-refractivity contribution in [3.8, 4) is 5.75 Å². The van der Waals surface area contributed by atoms with Gasteiger partial charge in [-0.1, -0.05) is 0 Å². The van der Waals surface area contributed by atoms with Crippen LogP contribution < -0.4 is 15.4 Å². The van der Waals surface area contributed by atoms with Gasteiger partial charge in [-0.3, -0.25) is 4.79 Å². The van der Waals surface area contributed by atoms with Crippen molar-refractivity contribution >= 4 is 15.7 Å². The van der Waals surface area contributed by atoms with E-state index in [1.54, 1.807) is 12.1 Å². The maximum absolute atomic E-state index is 11.4. The van der Waals surface area contributed by atoms with Gasteiger partial charge in [0.2, 0.25) is 5.91 Å². The van der Waals surface area contributed by atoms with Crippen LogP contribution in [0.3, 0.4) is 0 Å². The predicted octanol–water partition coefficient (Wildman–Crippen LogP) is 0.195. The lowest BCUT2D eigenvalue weighted by atomic mass is 10.3. The van der Waals surface area contributed by atoms with Crippen molar-refractivity contribution in [2.24, 2.45) is 0 Å². The lowest BCUT2D eigenvalue weighted by Crippen LogP contribution is -2.31. The van der Waals surface area contributed by atoms with Crippen LogP contribution in [0.2, 0.25) is 0 Å². The Morgan fingerprint density at radius 2 is 1.85 bits per heavy atom. The number of likely N-dealkylation sites (N-methyl/N-ethyl adjacent to an activating group) is 1. The molecule has 0 saturated heterocycles. The lowest BCUT2D eigenvalue weighted by molar-refractivity contribution is -0.121. The fraction of sp³-hybridized carbons (Fsp3) is 0.462. The van der Waals surface area contributed by atoms with Gasteiger partial charge in [-0.05, 0) is 31.3 Å². The van der Waals surface area contributed by atoms with E-state index in [1.165, 1.54) is 12.1 Å². The summed E-state index contributed by atoms with van der Waals surface area (Å²) in [7, 11) is -1.38. The normalized spacial score (nSPS) is 11.1. The van der Waals surface area contributed by atoms with Gasteiger partial charge < -0.3 is 15.4 Å². The number of rotatable bonds is 8. The third kappa shape index (κ3) is 6.03. The van der Waals surface area contributed by atoms with Crippen LogP contribution in [-0.2, 0) is 14.6 Å². The molecule has 6 nitrogen and oxygen atoms in total. The SMILES string of the molecule is CNCCNC(=O)CCOc1ccc(S(C)(=O)=O)cc1. The lowest BCUT2D eigenvalue weighted by Gasteiger charge is -2.07. The molecule has 1 amide bonds. The monoisotopic (exact) mass is 300 g/mol. The Balaban J connectivity index is 2.34. The summed E-state index contributed by atoms with van der Waals surface area (Å²) in [4.78, 5) is 11.6. The van der Waals surface area contributed by atoms with Crippen LogP contribution in [0, 0.1) is 0 Å². The summed E-state index contributed by atoms with van der Waals surface area (Å²) in [5, 5.41) is 5.67. The molecule has 0 aliphatic rings. The highest BCUT2D eigenvalue weighted by Crippen LogP contribution is 2.15. The first-order valence-corrected chi connectivity index (χ1v) is 8.17. The molecule has 0 aliphatic carbocycles. The van der Waals surface area contributed by atoms with Crippen molar-refractivity contribution < 1.29 is 17.9 Å². The molecule has 1 rings (SSSR count). The second kappa shape index (κ2) is 7.86. The molecular weight excluding hydrogens is 280 g/mol. The molecule has 0 aliphatic heterocycles. The zero-order valence-corrected chi connectivity index (χ0v) is 12.5. The summed E-state index contributed by atoms with van der Waals surface area (Å²) >= 11 is 0. The molecule has 20 heavy (non-hydrogen) atoms. The third-order valence-electron chi connectivity index (χ3n) is 2.55. The van der Waals surface area contributed by atoms with E-state index in [0.717, 1.165) is 12.8 Å². The number of hydrogen-bond acceptors (Lipinski definition) is 5. The van der Waals surface area contributed by atoms with Crippen LogP contribution >= 0.6 is 0 Å². The standard InChI is InChI=1S/C13H20N2O4S/c1-14-8-9-15-13(16)7-10-19-11-3-5-12(6-4-11)20(2,17)18/h3-6,14H,7-10H2,1-2H3,(H,15,16). The van der Waals surface area contributed by atoms with Gasteiger partial charge in [0.05, 0.1) is 17.9 Å². The zero-order chi connectivity index (χ0) is 15.0. The van der Waals surface area contributed by atoms with Crippen LogP contribution in [0.25, 0.3) is 0 Å². The third-order valence-corrected chi connectivity index (χ3v) is 3.68. The quantitative estimate of drug-likeness (QED) is 0.670. The van der Waals surface area contributed by atoms with Crippen molar-refractivity contribution in [3.05, 3.63) is 24.3 Å². The molecule has 7 heteroatoms. The Morgan fingerprint density at radius 1 is 1.20 bits per heavy atom. The predicted molar refractivity (Wildman–Crippen MR) is 76.6 cm³/mol. The number of sulfone groups is 1. The van der Waals surface area contributed by atoms with Crippen molar-refractivity contribution in [3.63, 3.8) is 0 Å². The van der Waals surface area contributed by atoms with Crippen LogP contribution in [0.1, 0.15) is 6.42 Å². The molecule has 1 aromatic carbocycles. The first-order chi connectivity index (χ1) is 9.43. The summed E-state index contributed by atoms with van der Waals surface area (Å²) < 4.78 is 27.9. The van der Waals surface area contributed by atoms with Gasteiger partial charge in [-0.2, -0.15) is 0 Å². The van der Waals surface area contributed by atoms with E-state index < -0.39 is 9.84 Å². The van der Waals surface area contributed by atoms with Gasteiger partial charge in [-0.15, -0.1) is 0 Å². The fourth-order valence-electron chi connectivity index (χ4n) is 1.46. The van der Waals surface area contributed by atoms with E-state index >= 15 is 0 Å². The van der Waals surface area contributed by atoms with Crippen LogP contribution in [-0.4, -0.2) is 47.3 Å². The average Bonchev–Trinajstić information content (AvgIpc) is 2.38. The molecule has 112 valence electrons. The van der Waals surface area contributed by atoms with Crippen molar-refractivity contribution in [2.45, 2.75) is 11.3 Å². The number of carbonyl (C=O) groups is 1. The van der Waals surface area contributed by atoms with Gasteiger partial charge in [-0.25, -0.2) is 8.42 Å². The number of carbonyl (C=O) groups excluding carboxylic acids is 1. The molecule has 1 aromatic rings. The van der Waals surface area contributed by atoms with Gasteiger partial charge in [0, 0.05) is 19.3 Å². The average molecular weight is 300 g/mol. The molecule has 0 spiro atoms. The Kier molecular flexibility index (Phi) is 6.47. The molecule has 0 saturated carbocycles. The van der Waals surface area contributed by atoms with Gasteiger partial charge in [0.1, 0.15) is 5.75 Å². The number of amides is 1. The van der Waals surface area contributed by atoms with E-state index in [-0.39, 0.29) is 23.8 Å². The van der Waals surface area contributed by atoms with E-state index in [1.807, 2.05) is 7.05 Å². The highest BCUT2D eigenvalue weighted by atomic mass is 32.2. The number of benzene rings is 1. The second-order valence-corrected chi connectivity index (χ2v) is 6.31. The Bertz CT molecular complexity index is 526. The Morgan fingerprint density at radius 3 is 2.40 bits per heavy atom. The summed E-state index contributed by atoms with van der Waals surface area (Å²) in [6.45, 7) is 1.56. The van der Waals surface area contributed by atoms with E-state index in [9.17, 15) is 13.2 Å². The second-order valence-electron chi connectivity index (χ2n) is 4.30.